The van der Waals surface area contributed by atoms with Crippen LogP contribution >= 0.6 is 7.92 Å². The maximum Gasteiger partial charge on any atom is 0.194 e. The van der Waals surface area contributed by atoms with E-state index in [0.717, 1.165) is 17.4 Å². The van der Waals surface area contributed by atoms with Gasteiger partial charge in [-0.3, -0.25) is 0 Å². The first-order valence-electron chi connectivity index (χ1n) is 10.1. The lowest BCUT2D eigenvalue weighted by Crippen LogP contribution is -2.41. The second-order valence-electron chi connectivity index (χ2n) is 9.21. The van der Waals surface area contributed by atoms with Crippen molar-refractivity contribution in [1.82, 2.24) is 0 Å². The molecule has 2 aliphatic rings. The van der Waals surface area contributed by atoms with Crippen molar-refractivity contribution in [3.63, 3.8) is 0 Å². The van der Waals surface area contributed by atoms with Crippen LogP contribution in [-0.2, 0) is 4.74 Å². The molecule has 2 aliphatic heterocycles. The molecule has 3 atom stereocenters. The normalized spacial score (nSPS) is 23.8. The van der Waals surface area contributed by atoms with Crippen LogP contribution in [-0.4, -0.2) is 30.6 Å². The monoisotopic (exact) mass is 411 g/mol. The summed E-state index contributed by atoms with van der Waals surface area (Å²) in [4.78, 5) is 4.99. The molecule has 4 rings (SSSR count). The SMILES string of the molecule is COc1cccc2c1P(C(C)(C)C)C(C(C)(C)C1=N[C@H](c3ccccc3)CO1)O2. The lowest BCUT2D eigenvalue weighted by atomic mass is 9.94. The zero-order chi connectivity index (χ0) is 20.8. The van der Waals surface area contributed by atoms with Gasteiger partial charge in [0.25, 0.3) is 0 Å². The van der Waals surface area contributed by atoms with E-state index >= 15 is 0 Å². The highest BCUT2D eigenvalue weighted by molar-refractivity contribution is 7.68. The Kier molecular flexibility index (Phi) is 5.11. The van der Waals surface area contributed by atoms with E-state index in [1.54, 1.807) is 7.11 Å². The molecule has 2 heterocycles. The van der Waals surface area contributed by atoms with Crippen molar-refractivity contribution in [2.75, 3.05) is 13.7 Å². The number of hydrogen-bond acceptors (Lipinski definition) is 4. The third-order valence-corrected chi connectivity index (χ3v) is 9.21. The maximum absolute atomic E-state index is 6.59. The zero-order valence-corrected chi connectivity index (χ0v) is 19.0. The minimum Gasteiger partial charge on any atom is -0.496 e. The molecule has 0 fully saturated rings. The van der Waals surface area contributed by atoms with Gasteiger partial charge in [-0.2, -0.15) is 0 Å². The largest absolute Gasteiger partial charge is 0.496 e. The summed E-state index contributed by atoms with van der Waals surface area (Å²) < 4.78 is 18.5. The molecule has 0 radical (unpaired) electrons. The van der Waals surface area contributed by atoms with Crippen molar-refractivity contribution in [2.24, 2.45) is 10.4 Å². The average Bonchev–Trinajstić information content (AvgIpc) is 3.34. The van der Waals surface area contributed by atoms with Crippen molar-refractivity contribution in [1.29, 1.82) is 0 Å². The Morgan fingerprint density at radius 2 is 1.72 bits per heavy atom. The van der Waals surface area contributed by atoms with Crippen LogP contribution in [0.2, 0.25) is 0 Å². The molecule has 0 spiro atoms. The van der Waals surface area contributed by atoms with E-state index in [4.69, 9.17) is 19.2 Å². The fraction of sp³-hybridized carbons (Fsp3) is 0.458. The molecule has 0 N–H and O–H groups in total. The second-order valence-corrected chi connectivity index (χ2v) is 12.2. The van der Waals surface area contributed by atoms with Crippen molar-refractivity contribution in [3.8, 4) is 11.5 Å². The van der Waals surface area contributed by atoms with Crippen LogP contribution in [0.4, 0.5) is 0 Å². The van der Waals surface area contributed by atoms with Gasteiger partial charge < -0.3 is 14.2 Å². The molecular weight excluding hydrogens is 381 g/mol. The molecule has 29 heavy (non-hydrogen) atoms. The molecule has 5 heteroatoms. The highest BCUT2D eigenvalue weighted by Gasteiger charge is 2.53. The molecule has 2 aromatic carbocycles. The van der Waals surface area contributed by atoms with Gasteiger partial charge in [-0.25, -0.2) is 4.99 Å². The first kappa shape index (κ1) is 20.2. The minimum absolute atomic E-state index is 0.0305. The van der Waals surface area contributed by atoms with E-state index in [1.165, 1.54) is 10.9 Å². The Bertz CT molecular complexity index is 917. The van der Waals surface area contributed by atoms with E-state index in [2.05, 4.69) is 65.0 Å². The van der Waals surface area contributed by atoms with Gasteiger partial charge in [-0.15, -0.1) is 0 Å². The van der Waals surface area contributed by atoms with Crippen molar-refractivity contribution >= 4 is 19.1 Å². The summed E-state index contributed by atoms with van der Waals surface area (Å²) in [6.45, 7) is 11.8. The van der Waals surface area contributed by atoms with Crippen LogP contribution in [0.3, 0.4) is 0 Å². The fourth-order valence-corrected chi connectivity index (χ4v) is 7.48. The minimum atomic E-state index is -0.673. The molecule has 4 nitrogen and oxygen atoms in total. The van der Waals surface area contributed by atoms with Gasteiger partial charge in [0.15, 0.2) is 5.90 Å². The standard InChI is InChI=1S/C24H30NO3P/c1-23(2,3)29-20-18(26-6)13-10-14-19(20)28-22(29)24(4,5)21-25-17(15-27-21)16-11-8-7-9-12-16/h7-14,17,22H,15H2,1-6H3/t17-,22?,29?/m0/s1. The summed E-state index contributed by atoms with van der Waals surface area (Å²) in [6, 6.07) is 16.5. The average molecular weight is 411 g/mol. The van der Waals surface area contributed by atoms with E-state index in [-0.39, 0.29) is 22.5 Å². The first-order valence-corrected chi connectivity index (χ1v) is 11.5. The van der Waals surface area contributed by atoms with Crippen LogP contribution < -0.4 is 14.8 Å². The van der Waals surface area contributed by atoms with E-state index in [0.29, 0.717) is 6.61 Å². The summed E-state index contributed by atoms with van der Waals surface area (Å²) in [5.74, 6) is 2.61. The predicted octanol–water partition coefficient (Wildman–Crippen LogP) is 5.52. The zero-order valence-electron chi connectivity index (χ0n) is 18.1. The molecular formula is C24H30NO3P. The van der Waals surface area contributed by atoms with Crippen LogP contribution in [0, 0.1) is 5.41 Å². The van der Waals surface area contributed by atoms with Gasteiger partial charge in [0.05, 0.1) is 17.8 Å². The number of ether oxygens (including phenoxy) is 3. The summed E-state index contributed by atoms with van der Waals surface area (Å²) in [5.41, 5.74) is 0.834. The Morgan fingerprint density at radius 3 is 2.38 bits per heavy atom. The topological polar surface area (TPSA) is 40.0 Å². The van der Waals surface area contributed by atoms with Gasteiger partial charge >= 0.3 is 0 Å². The van der Waals surface area contributed by atoms with Crippen LogP contribution in [0.5, 0.6) is 11.5 Å². The van der Waals surface area contributed by atoms with Gasteiger partial charge in [0, 0.05) is 0 Å². The molecule has 2 unspecified atom stereocenters. The van der Waals surface area contributed by atoms with Crippen LogP contribution in [0.15, 0.2) is 53.5 Å². The van der Waals surface area contributed by atoms with Gasteiger partial charge in [0.1, 0.15) is 30.0 Å². The smallest absolute Gasteiger partial charge is 0.194 e. The van der Waals surface area contributed by atoms with E-state index in [1.807, 2.05) is 18.2 Å². The van der Waals surface area contributed by atoms with Crippen molar-refractivity contribution in [3.05, 3.63) is 54.1 Å². The lowest BCUT2D eigenvalue weighted by Gasteiger charge is -2.39. The molecule has 0 bridgehead atoms. The second kappa shape index (κ2) is 7.32. The van der Waals surface area contributed by atoms with Gasteiger partial charge in [-0.05, 0) is 44.6 Å². The Balaban J connectivity index is 1.71. The molecule has 2 aromatic rings. The summed E-state index contributed by atoms with van der Waals surface area (Å²) in [5, 5.41) is 1.27. The van der Waals surface area contributed by atoms with Gasteiger partial charge in [-0.1, -0.05) is 57.2 Å². The molecule has 0 aliphatic carbocycles. The summed E-state index contributed by atoms with van der Waals surface area (Å²) >= 11 is 0. The number of hydrogen-bond donors (Lipinski definition) is 0. The quantitative estimate of drug-likeness (QED) is 0.623. The molecule has 0 saturated carbocycles. The van der Waals surface area contributed by atoms with Crippen LogP contribution in [0.1, 0.15) is 46.2 Å². The summed E-state index contributed by atoms with van der Waals surface area (Å²) in [6.07, 6.45) is 0. The van der Waals surface area contributed by atoms with Crippen LogP contribution in [0.25, 0.3) is 0 Å². The predicted molar refractivity (Wildman–Crippen MR) is 120 cm³/mol. The molecule has 0 saturated heterocycles. The molecule has 0 aromatic heterocycles. The lowest BCUT2D eigenvalue weighted by molar-refractivity contribution is 0.173. The first-order chi connectivity index (χ1) is 13.7. The summed E-state index contributed by atoms with van der Waals surface area (Å²) in [7, 11) is 1.06. The Labute approximate surface area is 175 Å². The highest BCUT2D eigenvalue weighted by atomic mass is 31.1. The van der Waals surface area contributed by atoms with E-state index < -0.39 is 7.92 Å². The molecule has 154 valence electrons. The third-order valence-electron chi connectivity index (χ3n) is 5.62. The van der Waals surface area contributed by atoms with Gasteiger partial charge in [0.2, 0.25) is 0 Å². The Morgan fingerprint density at radius 1 is 1.00 bits per heavy atom. The van der Waals surface area contributed by atoms with Crippen molar-refractivity contribution in [2.45, 2.75) is 51.7 Å². The number of methoxy groups -OCH3 is 1. The number of rotatable bonds is 4. The third kappa shape index (κ3) is 3.53. The number of benzene rings is 2. The highest BCUT2D eigenvalue weighted by Crippen LogP contribution is 2.64. The fourth-order valence-electron chi connectivity index (χ4n) is 4.12. The maximum atomic E-state index is 6.59. The Hall–Kier alpha value is -2.06. The van der Waals surface area contributed by atoms with Crippen molar-refractivity contribution < 1.29 is 14.2 Å². The van der Waals surface area contributed by atoms with E-state index in [9.17, 15) is 0 Å². The number of aliphatic imine (C=N–C) groups is 1. The number of nitrogens with zero attached hydrogens (tertiary/aromatic N) is 1. The number of fused-ring (bicyclic) bond motifs is 1. The molecule has 0 amide bonds.